The minimum absolute atomic E-state index is 0.0865. The summed E-state index contributed by atoms with van der Waals surface area (Å²) in [6.07, 6.45) is 0. The van der Waals surface area contributed by atoms with Crippen LogP contribution in [0.1, 0.15) is 17.3 Å². The second-order valence-corrected chi connectivity index (χ2v) is 8.20. The molecule has 1 aromatic rings. The fraction of sp³-hybridized carbons (Fsp3) is 0.588. The molecule has 1 aromatic carbocycles. The number of likely N-dealkylation sites (N-methyl/N-ethyl adjacent to an activating group) is 2. The number of nitrogens with zero attached hydrogens (tertiary/aromatic N) is 2. The van der Waals surface area contributed by atoms with Gasteiger partial charge in [0.25, 0.3) is 5.91 Å². The topological polar surface area (TPSA) is 117 Å². The van der Waals surface area contributed by atoms with Crippen LogP contribution in [-0.2, 0) is 10.0 Å². The van der Waals surface area contributed by atoms with Gasteiger partial charge in [0.05, 0.1) is 24.4 Å². The molecule has 2 rings (SSSR count). The molecule has 0 aromatic heterocycles. The molecule has 1 saturated heterocycles. The van der Waals surface area contributed by atoms with Gasteiger partial charge in [0.15, 0.2) is 0 Å². The van der Waals surface area contributed by atoms with Gasteiger partial charge in [0.1, 0.15) is 10.6 Å². The maximum Gasteiger partial charge on any atom is 0.255 e. The number of rotatable bonds is 6. The Balaban J connectivity index is 2.34. The standard InChI is InChI=1S/C17H29N5O4S/c1-5-22-7-6-21(3)10-12(11-22)20-17(23)13-8-16(27(18,24)25)14(19-2)9-15(13)26-4/h8-9,12,19H,5-7,10-11H2,1-4H3,(H,20,23)(H2,18,24,25). The molecule has 9 nitrogen and oxygen atoms in total. The third-order valence-corrected chi connectivity index (χ3v) is 5.66. The largest absolute Gasteiger partial charge is 0.496 e. The van der Waals surface area contributed by atoms with Gasteiger partial charge in [0, 0.05) is 39.3 Å². The molecule has 0 saturated carbocycles. The van der Waals surface area contributed by atoms with E-state index in [0.717, 1.165) is 26.2 Å². The van der Waals surface area contributed by atoms with Crippen LogP contribution < -0.4 is 20.5 Å². The van der Waals surface area contributed by atoms with E-state index in [1.54, 1.807) is 7.05 Å². The summed E-state index contributed by atoms with van der Waals surface area (Å²) in [4.78, 5) is 17.2. The number of primary sulfonamides is 1. The molecule has 1 amide bonds. The van der Waals surface area contributed by atoms with Gasteiger partial charge < -0.3 is 25.2 Å². The maximum atomic E-state index is 12.9. The number of ether oxygens (including phenoxy) is 1. The molecule has 1 unspecified atom stereocenters. The summed E-state index contributed by atoms with van der Waals surface area (Å²) < 4.78 is 29.1. The fourth-order valence-corrected chi connectivity index (χ4v) is 3.97. The van der Waals surface area contributed by atoms with Gasteiger partial charge in [-0.25, -0.2) is 13.6 Å². The minimum Gasteiger partial charge on any atom is -0.496 e. The Hall–Kier alpha value is -1.88. The quantitative estimate of drug-likeness (QED) is 0.604. The predicted octanol–water partition coefficient (Wildman–Crippen LogP) is -0.250. The number of carbonyl (C=O) groups is 1. The Labute approximate surface area is 160 Å². The van der Waals surface area contributed by atoms with Crippen LogP contribution in [0.5, 0.6) is 5.75 Å². The molecule has 1 aliphatic heterocycles. The van der Waals surface area contributed by atoms with Gasteiger partial charge in [-0.2, -0.15) is 0 Å². The number of sulfonamides is 1. The zero-order valence-electron chi connectivity index (χ0n) is 16.3. The molecule has 10 heteroatoms. The van der Waals surface area contributed by atoms with Crippen LogP contribution in [0.3, 0.4) is 0 Å². The molecule has 1 aliphatic rings. The van der Waals surface area contributed by atoms with Crippen molar-refractivity contribution in [3.63, 3.8) is 0 Å². The second kappa shape index (κ2) is 8.87. The normalized spacial score (nSPS) is 19.4. The van der Waals surface area contributed by atoms with Crippen molar-refractivity contribution < 1.29 is 17.9 Å². The van der Waals surface area contributed by atoms with Gasteiger partial charge in [-0.1, -0.05) is 6.92 Å². The highest BCUT2D eigenvalue weighted by Crippen LogP contribution is 2.29. The van der Waals surface area contributed by atoms with E-state index in [0.29, 0.717) is 6.54 Å². The SMILES string of the molecule is CCN1CCN(C)CC(NC(=O)c2cc(S(N)(=O)=O)c(NC)cc2OC)C1. The van der Waals surface area contributed by atoms with Crippen LogP contribution in [0.4, 0.5) is 5.69 Å². The summed E-state index contributed by atoms with van der Waals surface area (Å²) >= 11 is 0. The Kier molecular flexibility index (Phi) is 7.04. The van der Waals surface area contributed by atoms with Crippen LogP contribution in [0, 0.1) is 0 Å². The second-order valence-electron chi connectivity index (χ2n) is 6.67. The highest BCUT2D eigenvalue weighted by Gasteiger charge is 2.25. The average Bonchev–Trinajstić information content (AvgIpc) is 2.80. The first kappa shape index (κ1) is 21.4. The molecule has 1 atom stereocenters. The number of methoxy groups -OCH3 is 1. The number of carbonyl (C=O) groups excluding carboxylic acids is 1. The monoisotopic (exact) mass is 399 g/mol. The van der Waals surface area contributed by atoms with Crippen molar-refractivity contribution in [2.24, 2.45) is 5.14 Å². The zero-order chi connectivity index (χ0) is 20.2. The summed E-state index contributed by atoms with van der Waals surface area (Å²) in [5.41, 5.74) is 0.410. The van der Waals surface area contributed by atoms with Crippen LogP contribution in [0.15, 0.2) is 17.0 Å². The number of benzene rings is 1. The van der Waals surface area contributed by atoms with E-state index < -0.39 is 15.9 Å². The van der Waals surface area contributed by atoms with Crippen molar-refractivity contribution in [2.75, 3.05) is 59.2 Å². The highest BCUT2D eigenvalue weighted by atomic mass is 32.2. The van der Waals surface area contributed by atoms with E-state index in [4.69, 9.17) is 9.88 Å². The van der Waals surface area contributed by atoms with E-state index in [1.807, 2.05) is 7.05 Å². The predicted molar refractivity (Wildman–Crippen MR) is 105 cm³/mol. The van der Waals surface area contributed by atoms with Crippen molar-refractivity contribution in [3.8, 4) is 5.75 Å². The first-order valence-electron chi connectivity index (χ1n) is 8.83. The Bertz CT molecular complexity index is 784. The van der Waals surface area contributed by atoms with E-state index in [2.05, 4.69) is 27.4 Å². The molecule has 0 aliphatic carbocycles. The van der Waals surface area contributed by atoms with Gasteiger partial charge in [-0.3, -0.25) is 4.79 Å². The number of hydrogen-bond donors (Lipinski definition) is 3. The Morgan fingerprint density at radius 3 is 2.59 bits per heavy atom. The molecule has 1 fully saturated rings. The van der Waals surface area contributed by atoms with Gasteiger partial charge >= 0.3 is 0 Å². The third kappa shape index (κ3) is 5.32. The smallest absolute Gasteiger partial charge is 0.255 e. The number of amides is 1. The fourth-order valence-electron chi connectivity index (χ4n) is 3.22. The van der Waals surface area contributed by atoms with E-state index >= 15 is 0 Å². The zero-order valence-corrected chi connectivity index (χ0v) is 17.1. The lowest BCUT2D eigenvalue weighted by atomic mass is 10.1. The van der Waals surface area contributed by atoms with E-state index in [1.165, 1.54) is 19.2 Å². The Morgan fingerprint density at radius 2 is 2.04 bits per heavy atom. The molecular formula is C17H29N5O4S. The molecule has 152 valence electrons. The van der Waals surface area contributed by atoms with Crippen LogP contribution in [0.2, 0.25) is 0 Å². The maximum absolute atomic E-state index is 12.9. The van der Waals surface area contributed by atoms with Crippen LogP contribution >= 0.6 is 0 Å². The van der Waals surface area contributed by atoms with Crippen molar-refractivity contribution in [2.45, 2.75) is 17.9 Å². The first-order chi connectivity index (χ1) is 12.7. The number of nitrogens with two attached hydrogens (primary N) is 1. The lowest BCUT2D eigenvalue weighted by molar-refractivity contribution is 0.0921. The molecule has 4 N–H and O–H groups in total. The summed E-state index contributed by atoms with van der Waals surface area (Å²) in [5, 5.41) is 11.1. The van der Waals surface area contributed by atoms with Crippen LogP contribution in [0.25, 0.3) is 0 Å². The van der Waals surface area contributed by atoms with Crippen molar-refractivity contribution >= 4 is 21.6 Å². The molecule has 0 spiro atoms. The summed E-state index contributed by atoms with van der Waals surface area (Å²) in [5.74, 6) is -0.116. The number of anilines is 1. The number of nitrogens with one attached hydrogen (secondary N) is 2. The third-order valence-electron chi connectivity index (χ3n) is 4.71. The van der Waals surface area contributed by atoms with Gasteiger partial charge in [-0.05, 0) is 19.7 Å². The summed E-state index contributed by atoms with van der Waals surface area (Å²) in [6, 6.07) is 2.64. The molecule has 0 bridgehead atoms. The van der Waals surface area contributed by atoms with Gasteiger partial charge in [0.2, 0.25) is 10.0 Å². The number of hydrogen-bond acceptors (Lipinski definition) is 7. The summed E-state index contributed by atoms with van der Waals surface area (Å²) in [7, 11) is 1.02. The van der Waals surface area contributed by atoms with E-state index in [-0.39, 0.29) is 27.9 Å². The summed E-state index contributed by atoms with van der Waals surface area (Å²) in [6.45, 7) is 6.29. The average molecular weight is 400 g/mol. The van der Waals surface area contributed by atoms with E-state index in [9.17, 15) is 13.2 Å². The van der Waals surface area contributed by atoms with Gasteiger partial charge in [-0.15, -0.1) is 0 Å². The van der Waals surface area contributed by atoms with Crippen molar-refractivity contribution in [1.82, 2.24) is 15.1 Å². The minimum atomic E-state index is -4.00. The van der Waals surface area contributed by atoms with Crippen molar-refractivity contribution in [1.29, 1.82) is 0 Å². The highest BCUT2D eigenvalue weighted by molar-refractivity contribution is 7.89. The molecule has 1 heterocycles. The molecular weight excluding hydrogens is 370 g/mol. The lowest BCUT2D eigenvalue weighted by Crippen LogP contribution is -2.46. The molecule has 27 heavy (non-hydrogen) atoms. The lowest BCUT2D eigenvalue weighted by Gasteiger charge is -2.24. The molecule has 0 radical (unpaired) electrons. The Morgan fingerprint density at radius 1 is 1.33 bits per heavy atom. The van der Waals surface area contributed by atoms with Crippen molar-refractivity contribution in [3.05, 3.63) is 17.7 Å². The first-order valence-corrected chi connectivity index (χ1v) is 10.4. The van der Waals surface area contributed by atoms with Crippen LogP contribution in [-0.4, -0.2) is 84.1 Å².